The molecule has 148 valence electrons. The van der Waals surface area contributed by atoms with Gasteiger partial charge in [-0.25, -0.2) is 0 Å². The molecular formula is C21H20N4O2S2. The van der Waals surface area contributed by atoms with E-state index >= 15 is 0 Å². The molecule has 0 atom stereocenters. The minimum atomic E-state index is -0.0315. The van der Waals surface area contributed by atoms with Crippen LogP contribution in [-0.4, -0.2) is 32.9 Å². The van der Waals surface area contributed by atoms with Gasteiger partial charge < -0.3 is 10.1 Å². The Morgan fingerprint density at radius 1 is 1.14 bits per heavy atom. The third-order valence-electron chi connectivity index (χ3n) is 4.20. The summed E-state index contributed by atoms with van der Waals surface area (Å²) in [7, 11) is 0. The number of fused-ring (bicyclic) bond motifs is 1. The fourth-order valence-electron chi connectivity index (χ4n) is 2.86. The first kappa shape index (κ1) is 19.5. The lowest BCUT2D eigenvalue weighted by molar-refractivity contribution is -0.115. The Morgan fingerprint density at radius 3 is 2.69 bits per heavy atom. The fourth-order valence-corrected chi connectivity index (χ4v) is 4.64. The van der Waals surface area contributed by atoms with Crippen LogP contribution in [0.1, 0.15) is 13.3 Å². The minimum Gasteiger partial charge on any atom is -0.494 e. The van der Waals surface area contributed by atoms with Crippen molar-refractivity contribution in [3.05, 3.63) is 60.0 Å². The third-order valence-corrected chi connectivity index (χ3v) is 5.95. The van der Waals surface area contributed by atoms with E-state index in [1.165, 1.54) is 11.8 Å². The molecule has 0 aliphatic heterocycles. The molecular weight excluding hydrogens is 404 g/mol. The van der Waals surface area contributed by atoms with Crippen molar-refractivity contribution in [2.24, 2.45) is 0 Å². The van der Waals surface area contributed by atoms with E-state index in [2.05, 4.69) is 37.4 Å². The third kappa shape index (κ3) is 4.60. The van der Waals surface area contributed by atoms with E-state index < -0.39 is 0 Å². The van der Waals surface area contributed by atoms with Gasteiger partial charge in [0.15, 0.2) is 5.16 Å². The fraction of sp³-hybridized carbons (Fsp3) is 0.190. The normalized spacial score (nSPS) is 10.9. The molecule has 0 aliphatic rings. The van der Waals surface area contributed by atoms with E-state index in [-0.39, 0.29) is 5.91 Å². The van der Waals surface area contributed by atoms with Crippen LogP contribution in [0, 0.1) is 0 Å². The largest absolute Gasteiger partial charge is 0.494 e. The quantitative estimate of drug-likeness (QED) is 0.404. The molecule has 2 aromatic carbocycles. The smallest absolute Gasteiger partial charge is 0.225 e. The average molecular weight is 425 g/mol. The molecule has 0 aliphatic carbocycles. The standard InChI is InChI=1S/C21H20N4O2S2/c1-2-27-17-10-8-16(9-11-17)22-19(26)12-13-28-20-23-24-21-25(20)18(14-29-21)15-6-4-3-5-7-15/h3-11,14H,2,12-13H2,1H3,(H,22,26). The van der Waals surface area contributed by atoms with Crippen LogP contribution in [0.3, 0.4) is 0 Å². The summed E-state index contributed by atoms with van der Waals surface area (Å²) >= 11 is 3.10. The van der Waals surface area contributed by atoms with Crippen molar-refractivity contribution < 1.29 is 9.53 Å². The summed E-state index contributed by atoms with van der Waals surface area (Å²) in [4.78, 5) is 13.1. The molecule has 0 bridgehead atoms. The summed E-state index contributed by atoms with van der Waals surface area (Å²) in [5.41, 5.74) is 2.95. The average Bonchev–Trinajstić information content (AvgIpc) is 3.33. The van der Waals surface area contributed by atoms with Gasteiger partial charge in [0, 0.05) is 23.2 Å². The van der Waals surface area contributed by atoms with E-state index in [0.29, 0.717) is 18.8 Å². The highest BCUT2D eigenvalue weighted by atomic mass is 32.2. The van der Waals surface area contributed by atoms with Gasteiger partial charge in [0.2, 0.25) is 10.9 Å². The number of hydrogen-bond donors (Lipinski definition) is 1. The molecule has 8 heteroatoms. The van der Waals surface area contributed by atoms with Crippen LogP contribution in [0.15, 0.2) is 65.1 Å². The molecule has 0 fully saturated rings. The summed E-state index contributed by atoms with van der Waals surface area (Å²) in [5, 5.41) is 14.3. The van der Waals surface area contributed by atoms with E-state index in [0.717, 1.165) is 32.8 Å². The first-order chi connectivity index (χ1) is 14.2. The van der Waals surface area contributed by atoms with Crippen molar-refractivity contribution in [3.8, 4) is 17.0 Å². The molecule has 2 heterocycles. The Balaban J connectivity index is 1.36. The molecule has 0 saturated heterocycles. The summed E-state index contributed by atoms with van der Waals surface area (Å²) < 4.78 is 7.46. The number of hydrogen-bond acceptors (Lipinski definition) is 6. The number of ether oxygens (including phenoxy) is 1. The lowest BCUT2D eigenvalue weighted by Gasteiger charge is -2.07. The van der Waals surface area contributed by atoms with Crippen molar-refractivity contribution in [2.45, 2.75) is 18.5 Å². The number of benzene rings is 2. The van der Waals surface area contributed by atoms with Crippen LogP contribution in [0.2, 0.25) is 0 Å². The summed E-state index contributed by atoms with van der Waals surface area (Å²) in [6, 6.07) is 17.6. The van der Waals surface area contributed by atoms with E-state index in [1.54, 1.807) is 11.3 Å². The number of rotatable bonds is 8. The van der Waals surface area contributed by atoms with Gasteiger partial charge in [0.25, 0.3) is 0 Å². The molecule has 1 amide bonds. The van der Waals surface area contributed by atoms with Gasteiger partial charge in [-0.1, -0.05) is 42.1 Å². The number of nitrogens with one attached hydrogen (secondary N) is 1. The molecule has 2 aromatic heterocycles. The number of thiazole rings is 1. The van der Waals surface area contributed by atoms with Crippen LogP contribution in [-0.2, 0) is 4.79 Å². The van der Waals surface area contributed by atoms with Crippen LogP contribution in [0.4, 0.5) is 5.69 Å². The summed E-state index contributed by atoms with van der Waals surface area (Å²) in [6.45, 7) is 2.56. The minimum absolute atomic E-state index is 0.0315. The zero-order chi connectivity index (χ0) is 20.1. The Morgan fingerprint density at radius 2 is 1.93 bits per heavy atom. The number of anilines is 1. The zero-order valence-electron chi connectivity index (χ0n) is 15.9. The Labute approximate surface area is 176 Å². The Hall–Kier alpha value is -2.84. The number of nitrogens with zero attached hydrogens (tertiary/aromatic N) is 3. The summed E-state index contributed by atoms with van der Waals surface area (Å²) in [5.74, 6) is 1.38. The molecule has 29 heavy (non-hydrogen) atoms. The Kier molecular flexibility index (Phi) is 6.12. The predicted octanol–water partition coefficient (Wildman–Crippen LogP) is 4.98. The maximum atomic E-state index is 12.3. The molecule has 6 nitrogen and oxygen atoms in total. The highest BCUT2D eigenvalue weighted by molar-refractivity contribution is 7.99. The highest BCUT2D eigenvalue weighted by Gasteiger charge is 2.14. The number of aromatic nitrogens is 3. The van der Waals surface area contributed by atoms with Gasteiger partial charge in [0.1, 0.15) is 5.75 Å². The molecule has 1 N–H and O–H groups in total. The number of thioether (sulfide) groups is 1. The lowest BCUT2D eigenvalue weighted by Crippen LogP contribution is -2.12. The number of carbonyl (C=O) groups excluding carboxylic acids is 1. The lowest BCUT2D eigenvalue weighted by atomic mass is 10.2. The molecule has 4 rings (SSSR count). The predicted molar refractivity (Wildman–Crippen MR) is 118 cm³/mol. The van der Waals surface area contributed by atoms with Crippen molar-refractivity contribution in [2.75, 3.05) is 17.7 Å². The molecule has 4 aromatic rings. The van der Waals surface area contributed by atoms with Crippen LogP contribution < -0.4 is 10.1 Å². The van der Waals surface area contributed by atoms with Crippen LogP contribution >= 0.6 is 23.1 Å². The first-order valence-corrected chi connectivity index (χ1v) is 11.1. The highest BCUT2D eigenvalue weighted by Crippen LogP contribution is 2.30. The van der Waals surface area contributed by atoms with Gasteiger partial charge in [0.05, 0.1) is 12.3 Å². The van der Waals surface area contributed by atoms with E-state index in [4.69, 9.17) is 4.74 Å². The SMILES string of the molecule is CCOc1ccc(NC(=O)CCSc2nnc3scc(-c4ccccc4)n23)cc1. The number of amides is 1. The molecule has 0 spiro atoms. The van der Waals surface area contributed by atoms with Gasteiger partial charge in [-0.3, -0.25) is 9.20 Å². The maximum Gasteiger partial charge on any atom is 0.225 e. The van der Waals surface area contributed by atoms with Crippen LogP contribution in [0.25, 0.3) is 16.2 Å². The van der Waals surface area contributed by atoms with E-state index in [9.17, 15) is 4.79 Å². The molecule has 0 saturated carbocycles. The van der Waals surface area contributed by atoms with Gasteiger partial charge in [-0.05, 0) is 36.8 Å². The molecule has 0 radical (unpaired) electrons. The van der Waals surface area contributed by atoms with Gasteiger partial charge in [-0.2, -0.15) is 0 Å². The van der Waals surface area contributed by atoms with Crippen molar-refractivity contribution in [1.29, 1.82) is 0 Å². The van der Waals surface area contributed by atoms with E-state index in [1.807, 2.05) is 49.4 Å². The maximum absolute atomic E-state index is 12.3. The van der Waals surface area contributed by atoms with Crippen molar-refractivity contribution in [1.82, 2.24) is 14.6 Å². The van der Waals surface area contributed by atoms with Crippen molar-refractivity contribution in [3.63, 3.8) is 0 Å². The molecule has 0 unspecified atom stereocenters. The second kappa shape index (κ2) is 9.11. The number of carbonyl (C=O) groups is 1. The monoisotopic (exact) mass is 424 g/mol. The van der Waals surface area contributed by atoms with Gasteiger partial charge in [-0.15, -0.1) is 21.5 Å². The topological polar surface area (TPSA) is 68.5 Å². The van der Waals surface area contributed by atoms with Crippen molar-refractivity contribution >= 4 is 39.7 Å². The van der Waals surface area contributed by atoms with Gasteiger partial charge >= 0.3 is 0 Å². The second-order valence-electron chi connectivity index (χ2n) is 6.19. The Bertz CT molecular complexity index is 1090. The van der Waals surface area contributed by atoms with Crippen LogP contribution in [0.5, 0.6) is 5.75 Å². The zero-order valence-corrected chi connectivity index (χ0v) is 17.5. The first-order valence-electron chi connectivity index (χ1n) is 9.28. The second-order valence-corrected chi connectivity index (χ2v) is 8.09. The summed E-state index contributed by atoms with van der Waals surface area (Å²) in [6.07, 6.45) is 0.387.